The van der Waals surface area contributed by atoms with Crippen molar-refractivity contribution < 1.29 is 18.7 Å². The van der Waals surface area contributed by atoms with Gasteiger partial charge in [0, 0.05) is 24.1 Å². The number of amides is 1. The maximum Gasteiger partial charge on any atom is 0.262 e. The van der Waals surface area contributed by atoms with Crippen LogP contribution in [0.4, 0.5) is 10.1 Å². The number of nitrogens with one attached hydrogen (secondary N) is 1. The molecule has 156 valence electrons. The molecule has 9 heteroatoms. The van der Waals surface area contributed by atoms with Crippen molar-refractivity contribution in [2.45, 2.75) is 6.92 Å². The van der Waals surface area contributed by atoms with Gasteiger partial charge in [0.15, 0.2) is 24.0 Å². The van der Waals surface area contributed by atoms with E-state index in [0.717, 1.165) is 0 Å². The molecule has 0 aliphatic rings. The Balaban J connectivity index is 1.36. The van der Waals surface area contributed by atoms with Gasteiger partial charge in [0.2, 0.25) is 5.88 Å². The number of ether oxygens (including phenoxy) is 2. The normalized spacial score (nSPS) is 10.5. The van der Waals surface area contributed by atoms with Gasteiger partial charge in [-0.3, -0.25) is 4.79 Å². The summed E-state index contributed by atoms with van der Waals surface area (Å²) in [6, 6.07) is 16.1. The van der Waals surface area contributed by atoms with E-state index >= 15 is 0 Å². The highest BCUT2D eigenvalue weighted by Crippen LogP contribution is 2.23. The van der Waals surface area contributed by atoms with Crippen LogP contribution in [0.5, 0.6) is 17.4 Å². The first-order chi connectivity index (χ1) is 15.1. The third-order valence-corrected chi connectivity index (χ3v) is 4.10. The molecular weight excluding hydrogens is 401 g/mol. The smallest absolute Gasteiger partial charge is 0.262 e. The van der Waals surface area contributed by atoms with E-state index < -0.39 is 11.7 Å². The van der Waals surface area contributed by atoms with Gasteiger partial charge in [-0.2, -0.15) is 10.1 Å². The maximum absolute atomic E-state index is 13.5. The Hall–Kier alpha value is -4.27. The summed E-state index contributed by atoms with van der Waals surface area (Å²) < 4.78 is 26.1. The molecule has 0 fully saturated rings. The SMILES string of the molecule is Cc1nc(Oc2ccc(NC(=O)COc3ccccc3F)cc2)cc(-n2cccn2)n1. The number of carbonyl (C=O) groups is 1. The van der Waals surface area contributed by atoms with Gasteiger partial charge in [-0.05, 0) is 49.4 Å². The van der Waals surface area contributed by atoms with Gasteiger partial charge in [-0.1, -0.05) is 12.1 Å². The standard InChI is InChI=1S/C22H18FN5O3/c1-15-25-20(28-12-4-11-24-28)13-22(26-15)31-17-9-7-16(8-10-17)27-21(29)14-30-19-6-3-2-5-18(19)23/h2-13H,14H2,1H3,(H,27,29). The summed E-state index contributed by atoms with van der Waals surface area (Å²) in [7, 11) is 0. The van der Waals surface area contributed by atoms with Crippen LogP contribution in [0.25, 0.3) is 5.82 Å². The Labute approximate surface area is 177 Å². The number of benzene rings is 2. The van der Waals surface area contributed by atoms with Crippen LogP contribution < -0.4 is 14.8 Å². The Morgan fingerprint density at radius 3 is 2.65 bits per heavy atom. The summed E-state index contributed by atoms with van der Waals surface area (Å²) in [5.41, 5.74) is 0.547. The molecule has 0 unspecified atom stereocenters. The lowest BCUT2D eigenvalue weighted by molar-refractivity contribution is -0.118. The first-order valence-electron chi connectivity index (χ1n) is 9.37. The van der Waals surface area contributed by atoms with E-state index in [0.29, 0.717) is 29.0 Å². The summed E-state index contributed by atoms with van der Waals surface area (Å²) >= 11 is 0. The average Bonchev–Trinajstić information content (AvgIpc) is 3.29. The first kappa shape index (κ1) is 20.0. The molecule has 0 spiro atoms. The van der Waals surface area contributed by atoms with Gasteiger partial charge in [0.25, 0.3) is 5.91 Å². The van der Waals surface area contributed by atoms with Crippen molar-refractivity contribution in [3.05, 3.63) is 84.7 Å². The number of anilines is 1. The maximum atomic E-state index is 13.5. The quantitative estimate of drug-likeness (QED) is 0.488. The molecule has 0 saturated heterocycles. The number of aryl methyl sites for hydroxylation is 1. The number of para-hydroxylation sites is 1. The Bertz CT molecular complexity index is 1180. The summed E-state index contributed by atoms with van der Waals surface area (Å²) in [6.45, 7) is 1.46. The fraction of sp³-hybridized carbons (Fsp3) is 0.0909. The number of hydrogen-bond donors (Lipinski definition) is 1. The van der Waals surface area contributed by atoms with Gasteiger partial charge in [-0.25, -0.2) is 14.1 Å². The van der Waals surface area contributed by atoms with Crippen LogP contribution in [0.3, 0.4) is 0 Å². The number of carbonyl (C=O) groups excluding carboxylic acids is 1. The summed E-state index contributed by atoms with van der Waals surface area (Å²) in [5.74, 6) is 1.13. The van der Waals surface area contributed by atoms with E-state index in [1.165, 1.54) is 12.1 Å². The van der Waals surface area contributed by atoms with Crippen molar-refractivity contribution in [1.29, 1.82) is 0 Å². The molecule has 2 heterocycles. The van der Waals surface area contributed by atoms with Crippen LogP contribution in [0.2, 0.25) is 0 Å². The molecule has 0 radical (unpaired) electrons. The van der Waals surface area contributed by atoms with Crippen LogP contribution in [0, 0.1) is 12.7 Å². The molecule has 0 atom stereocenters. The average molecular weight is 419 g/mol. The molecule has 4 rings (SSSR count). The lowest BCUT2D eigenvalue weighted by Gasteiger charge is -2.10. The van der Waals surface area contributed by atoms with E-state index in [4.69, 9.17) is 9.47 Å². The summed E-state index contributed by atoms with van der Waals surface area (Å²) in [4.78, 5) is 20.7. The van der Waals surface area contributed by atoms with E-state index in [1.807, 2.05) is 0 Å². The second-order valence-corrected chi connectivity index (χ2v) is 6.46. The van der Waals surface area contributed by atoms with Crippen LogP contribution in [-0.4, -0.2) is 32.3 Å². The van der Waals surface area contributed by atoms with Crippen molar-refractivity contribution in [3.8, 4) is 23.2 Å². The van der Waals surface area contributed by atoms with E-state index in [9.17, 15) is 9.18 Å². The van der Waals surface area contributed by atoms with Gasteiger partial charge < -0.3 is 14.8 Å². The lowest BCUT2D eigenvalue weighted by atomic mass is 10.3. The molecule has 8 nitrogen and oxygen atoms in total. The molecular formula is C22H18FN5O3. The van der Waals surface area contributed by atoms with Gasteiger partial charge in [0.05, 0.1) is 0 Å². The number of halogens is 1. The molecule has 0 aliphatic carbocycles. The monoisotopic (exact) mass is 419 g/mol. The first-order valence-corrected chi connectivity index (χ1v) is 9.37. The third kappa shape index (κ3) is 5.21. The predicted molar refractivity (Wildman–Crippen MR) is 111 cm³/mol. The molecule has 31 heavy (non-hydrogen) atoms. The summed E-state index contributed by atoms with van der Waals surface area (Å²) in [6.07, 6.45) is 3.44. The Morgan fingerprint density at radius 2 is 1.90 bits per heavy atom. The van der Waals surface area contributed by atoms with Gasteiger partial charge in [0.1, 0.15) is 11.6 Å². The molecule has 1 N–H and O–H groups in total. The molecule has 4 aromatic rings. The van der Waals surface area contributed by atoms with Crippen molar-refractivity contribution in [2.75, 3.05) is 11.9 Å². The van der Waals surface area contributed by atoms with Crippen molar-refractivity contribution in [2.24, 2.45) is 0 Å². The molecule has 2 aromatic carbocycles. The second kappa shape index (κ2) is 9.04. The summed E-state index contributed by atoms with van der Waals surface area (Å²) in [5, 5.41) is 6.83. The van der Waals surface area contributed by atoms with Crippen molar-refractivity contribution >= 4 is 11.6 Å². The molecule has 0 aliphatic heterocycles. The predicted octanol–water partition coefficient (Wildman–Crippen LogP) is 3.92. The lowest BCUT2D eigenvalue weighted by Crippen LogP contribution is -2.20. The third-order valence-electron chi connectivity index (χ3n) is 4.10. The molecule has 1 amide bonds. The molecule has 0 bridgehead atoms. The number of hydrogen-bond acceptors (Lipinski definition) is 6. The Morgan fingerprint density at radius 1 is 1.10 bits per heavy atom. The zero-order valence-electron chi connectivity index (χ0n) is 16.5. The van der Waals surface area contributed by atoms with Gasteiger partial charge >= 0.3 is 0 Å². The zero-order chi connectivity index (χ0) is 21.6. The van der Waals surface area contributed by atoms with E-state index in [1.54, 1.807) is 72.5 Å². The van der Waals surface area contributed by atoms with Crippen LogP contribution >= 0.6 is 0 Å². The van der Waals surface area contributed by atoms with Crippen molar-refractivity contribution in [1.82, 2.24) is 19.7 Å². The number of aromatic nitrogens is 4. The van der Waals surface area contributed by atoms with E-state index in [2.05, 4.69) is 20.4 Å². The van der Waals surface area contributed by atoms with Gasteiger partial charge in [-0.15, -0.1) is 0 Å². The fourth-order valence-corrected chi connectivity index (χ4v) is 2.73. The minimum atomic E-state index is -0.521. The largest absolute Gasteiger partial charge is 0.481 e. The molecule has 0 saturated carbocycles. The fourth-order valence-electron chi connectivity index (χ4n) is 2.73. The highest BCUT2D eigenvalue weighted by atomic mass is 19.1. The van der Waals surface area contributed by atoms with Crippen molar-refractivity contribution in [3.63, 3.8) is 0 Å². The van der Waals surface area contributed by atoms with Crippen LogP contribution in [0.1, 0.15) is 5.82 Å². The zero-order valence-corrected chi connectivity index (χ0v) is 16.5. The highest BCUT2D eigenvalue weighted by molar-refractivity contribution is 5.91. The number of rotatable bonds is 7. The number of nitrogens with zero attached hydrogens (tertiary/aromatic N) is 4. The second-order valence-electron chi connectivity index (χ2n) is 6.46. The highest BCUT2D eigenvalue weighted by Gasteiger charge is 2.09. The van der Waals surface area contributed by atoms with Crippen LogP contribution in [-0.2, 0) is 4.79 Å². The minimum absolute atomic E-state index is 0.0241. The topological polar surface area (TPSA) is 91.2 Å². The van der Waals surface area contributed by atoms with Crippen LogP contribution in [0.15, 0.2) is 73.1 Å². The minimum Gasteiger partial charge on any atom is -0.481 e. The Kier molecular flexibility index (Phi) is 5.84. The van der Waals surface area contributed by atoms with E-state index in [-0.39, 0.29) is 12.4 Å². The molecule has 2 aromatic heterocycles.